The van der Waals surface area contributed by atoms with Gasteiger partial charge in [-0.3, -0.25) is 14.8 Å². The number of pyridine rings is 2. The van der Waals surface area contributed by atoms with Crippen molar-refractivity contribution in [3.63, 3.8) is 0 Å². The van der Waals surface area contributed by atoms with Crippen LogP contribution in [0.25, 0.3) is 32.9 Å². The maximum atomic E-state index is 11.6. The van der Waals surface area contributed by atoms with Gasteiger partial charge in [0.05, 0.1) is 23.1 Å². The SMILES string of the molecule is C#C.CC.CC(C)(C)O.Cc1nc2ccccc2c(-c2ccc3c4c(ccnc24)CC3)c1CC(=O)O. The van der Waals surface area contributed by atoms with E-state index < -0.39 is 11.6 Å². The number of fused-ring (bicyclic) bond motifs is 1. The number of carboxylic acids is 1. The number of nitrogens with zero attached hydrogens (tertiary/aromatic N) is 2. The fourth-order valence-corrected chi connectivity index (χ4v) is 4.35. The van der Waals surface area contributed by atoms with Gasteiger partial charge < -0.3 is 10.2 Å². The molecule has 0 bridgehead atoms. The number of para-hydroxylation sites is 1. The lowest BCUT2D eigenvalue weighted by Crippen LogP contribution is -2.10. The van der Waals surface area contributed by atoms with Gasteiger partial charge in [0.1, 0.15) is 0 Å². The highest BCUT2D eigenvalue weighted by atomic mass is 16.4. The highest BCUT2D eigenvalue weighted by Gasteiger charge is 2.22. The summed E-state index contributed by atoms with van der Waals surface area (Å²) in [5.41, 5.74) is 7.46. The van der Waals surface area contributed by atoms with Crippen LogP contribution in [0.1, 0.15) is 57.0 Å². The summed E-state index contributed by atoms with van der Waals surface area (Å²) in [5, 5.41) is 20.2. The van der Waals surface area contributed by atoms with E-state index in [2.05, 4.69) is 36.0 Å². The van der Waals surface area contributed by atoms with Crippen molar-refractivity contribution in [1.82, 2.24) is 9.97 Å². The number of aromatic nitrogens is 2. The highest BCUT2D eigenvalue weighted by molar-refractivity contribution is 6.07. The molecule has 0 amide bonds. The predicted octanol–water partition coefficient (Wildman–Crippen LogP) is 6.54. The smallest absolute Gasteiger partial charge is 0.307 e. The Balaban J connectivity index is 0.000000448. The summed E-state index contributed by atoms with van der Waals surface area (Å²) in [7, 11) is 0. The summed E-state index contributed by atoms with van der Waals surface area (Å²) in [6, 6.07) is 14.3. The minimum absolute atomic E-state index is 0.0536. The number of carboxylic acid groups (broad SMARTS) is 1. The Bertz CT molecular complexity index is 1370. The van der Waals surface area contributed by atoms with Gasteiger partial charge in [-0.05, 0) is 74.9 Å². The zero-order valence-corrected chi connectivity index (χ0v) is 22.1. The first-order valence-corrected chi connectivity index (χ1v) is 12.2. The topological polar surface area (TPSA) is 83.3 Å². The van der Waals surface area contributed by atoms with Crippen LogP contribution in [0.3, 0.4) is 0 Å². The number of aliphatic hydroxyl groups is 1. The third-order valence-corrected chi connectivity index (χ3v) is 5.53. The summed E-state index contributed by atoms with van der Waals surface area (Å²) in [6.45, 7) is 11.1. The number of aliphatic carboxylic acids is 1. The molecule has 2 aromatic carbocycles. The van der Waals surface area contributed by atoms with Crippen LogP contribution in [0.15, 0.2) is 48.7 Å². The normalized spacial score (nSPS) is 11.5. The minimum atomic E-state index is -0.852. The Morgan fingerprint density at radius 1 is 1.00 bits per heavy atom. The van der Waals surface area contributed by atoms with Crippen LogP contribution in [-0.2, 0) is 24.1 Å². The third kappa shape index (κ3) is 6.47. The second kappa shape index (κ2) is 12.3. The van der Waals surface area contributed by atoms with E-state index in [0.29, 0.717) is 0 Å². The first kappa shape index (κ1) is 28.5. The quantitative estimate of drug-likeness (QED) is 0.323. The van der Waals surface area contributed by atoms with Gasteiger partial charge in [-0.1, -0.05) is 44.2 Å². The molecule has 0 atom stereocenters. The van der Waals surface area contributed by atoms with Gasteiger partial charge >= 0.3 is 5.97 Å². The maximum absolute atomic E-state index is 11.6. The maximum Gasteiger partial charge on any atom is 0.307 e. The largest absolute Gasteiger partial charge is 0.481 e. The van der Waals surface area contributed by atoms with E-state index in [-0.39, 0.29) is 6.42 Å². The van der Waals surface area contributed by atoms with Gasteiger partial charge in [-0.15, -0.1) is 12.8 Å². The number of carbonyl (C=O) groups is 1. The number of hydrogen-bond donors (Lipinski definition) is 2. The molecule has 0 fully saturated rings. The predicted molar refractivity (Wildman–Crippen MR) is 149 cm³/mol. The van der Waals surface area contributed by atoms with Gasteiger partial charge in [-0.25, -0.2) is 0 Å². The molecule has 0 radical (unpaired) electrons. The molecule has 0 unspecified atom stereocenters. The van der Waals surface area contributed by atoms with Crippen molar-refractivity contribution < 1.29 is 15.0 Å². The molecular weight excluding hydrogens is 448 g/mol. The summed E-state index contributed by atoms with van der Waals surface area (Å²) in [4.78, 5) is 20.9. The molecule has 5 heteroatoms. The summed E-state index contributed by atoms with van der Waals surface area (Å²) in [5.74, 6) is -0.852. The van der Waals surface area contributed by atoms with Crippen molar-refractivity contribution >= 4 is 27.8 Å². The Hall–Kier alpha value is -3.75. The molecule has 1 aliphatic rings. The van der Waals surface area contributed by atoms with Crippen LogP contribution in [0.4, 0.5) is 0 Å². The fraction of sp³-hybridized carbons (Fsp3) is 0.323. The standard InChI is InChI=1S/C23H18N2O2.C4H10O.C2H6.C2H2/c1-13-18(12-20(26)27)22(16-4-2-3-5-19(16)25-13)17-9-8-14-6-7-15-10-11-24-23(17)21(14)15;1-4(2,3)5;2*1-2/h2-5,8-11H,6-7,12H2,1H3,(H,26,27);5H,1-3H3;1-2H3;1-2H. The molecule has 4 aromatic rings. The number of aryl methyl sites for hydroxylation is 3. The number of benzene rings is 2. The molecule has 2 N–H and O–H groups in total. The second-order valence-electron chi connectivity index (χ2n) is 9.28. The molecule has 0 aliphatic heterocycles. The summed E-state index contributed by atoms with van der Waals surface area (Å²) in [6.07, 6.45) is 11.9. The van der Waals surface area contributed by atoms with E-state index >= 15 is 0 Å². The summed E-state index contributed by atoms with van der Waals surface area (Å²) < 4.78 is 0. The van der Waals surface area contributed by atoms with E-state index in [1.165, 1.54) is 16.5 Å². The van der Waals surface area contributed by atoms with Crippen LogP contribution in [-0.4, -0.2) is 31.8 Å². The van der Waals surface area contributed by atoms with Gasteiger partial charge in [0.2, 0.25) is 0 Å². The lowest BCUT2D eigenvalue weighted by atomic mass is 9.90. The first-order chi connectivity index (χ1) is 17.1. The molecule has 2 heterocycles. The molecular formula is C31H36N2O3. The average Bonchev–Trinajstić information content (AvgIpc) is 3.26. The van der Waals surface area contributed by atoms with E-state index in [0.717, 1.165) is 51.6 Å². The molecule has 0 saturated heterocycles. The zero-order valence-electron chi connectivity index (χ0n) is 22.1. The Morgan fingerprint density at radius 3 is 2.19 bits per heavy atom. The third-order valence-electron chi connectivity index (χ3n) is 5.53. The zero-order chi connectivity index (χ0) is 27.0. The van der Waals surface area contributed by atoms with E-state index in [4.69, 9.17) is 10.1 Å². The van der Waals surface area contributed by atoms with Crippen molar-refractivity contribution in [3.8, 4) is 24.0 Å². The molecule has 36 heavy (non-hydrogen) atoms. The lowest BCUT2D eigenvalue weighted by Gasteiger charge is -2.16. The van der Waals surface area contributed by atoms with E-state index in [1.54, 1.807) is 20.8 Å². The average molecular weight is 485 g/mol. The van der Waals surface area contributed by atoms with Crippen molar-refractivity contribution in [2.75, 3.05) is 0 Å². The van der Waals surface area contributed by atoms with Crippen molar-refractivity contribution in [2.45, 2.75) is 66.4 Å². The van der Waals surface area contributed by atoms with Gasteiger partial charge in [0, 0.05) is 28.2 Å². The van der Waals surface area contributed by atoms with Gasteiger partial charge in [0.15, 0.2) is 0 Å². The molecule has 2 aromatic heterocycles. The number of rotatable bonds is 3. The molecule has 1 aliphatic carbocycles. The monoisotopic (exact) mass is 484 g/mol. The first-order valence-electron chi connectivity index (χ1n) is 12.2. The van der Waals surface area contributed by atoms with Crippen LogP contribution in [0.2, 0.25) is 0 Å². The Labute approximate surface area is 214 Å². The van der Waals surface area contributed by atoms with Crippen molar-refractivity contribution in [1.29, 1.82) is 0 Å². The molecule has 0 saturated carbocycles. The van der Waals surface area contributed by atoms with Crippen LogP contribution in [0, 0.1) is 19.8 Å². The molecule has 188 valence electrons. The second-order valence-corrected chi connectivity index (χ2v) is 9.28. The highest BCUT2D eigenvalue weighted by Crippen LogP contribution is 2.40. The van der Waals surface area contributed by atoms with Crippen LogP contribution >= 0.6 is 0 Å². The van der Waals surface area contributed by atoms with Crippen molar-refractivity contribution in [3.05, 3.63) is 71.0 Å². The van der Waals surface area contributed by atoms with Gasteiger partial charge in [-0.2, -0.15) is 0 Å². The molecule has 5 rings (SSSR count). The van der Waals surface area contributed by atoms with E-state index in [1.807, 2.05) is 51.2 Å². The van der Waals surface area contributed by atoms with Gasteiger partial charge in [0.25, 0.3) is 0 Å². The Kier molecular flexibility index (Phi) is 9.72. The lowest BCUT2D eigenvalue weighted by molar-refractivity contribution is -0.136. The number of terminal acetylenes is 1. The minimum Gasteiger partial charge on any atom is -0.481 e. The molecule has 0 spiro atoms. The Morgan fingerprint density at radius 2 is 1.58 bits per heavy atom. The number of hydrogen-bond acceptors (Lipinski definition) is 4. The van der Waals surface area contributed by atoms with Crippen LogP contribution < -0.4 is 0 Å². The fourth-order valence-electron chi connectivity index (χ4n) is 4.35. The van der Waals surface area contributed by atoms with Crippen LogP contribution in [0.5, 0.6) is 0 Å². The van der Waals surface area contributed by atoms with E-state index in [9.17, 15) is 9.90 Å². The summed E-state index contributed by atoms with van der Waals surface area (Å²) >= 11 is 0. The van der Waals surface area contributed by atoms with Crippen molar-refractivity contribution in [2.24, 2.45) is 0 Å². The molecule has 5 nitrogen and oxygen atoms in total.